The molecule has 34 heavy (non-hydrogen) atoms. The van der Waals surface area contributed by atoms with Crippen LogP contribution in [0.3, 0.4) is 0 Å². The van der Waals surface area contributed by atoms with E-state index in [9.17, 15) is 14.4 Å². The third-order valence-electron chi connectivity index (χ3n) is 5.68. The summed E-state index contributed by atoms with van der Waals surface area (Å²) in [7, 11) is 1.50. The molecule has 1 heterocycles. The molecule has 8 heteroatoms. The Morgan fingerprint density at radius 1 is 1.21 bits per heavy atom. The van der Waals surface area contributed by atoms with Crippen LogP contribution in [0.4, 0.5) is 0 Å². The first-order valence-corrected chi connectivity index (χ1v) is 12.2. The van der Waals surface area contributed by atoms with E-state index in [-0.39, 0.29) is 30.5 Å². The van der Waals surface area contributed by atoms with Gasteiger partial charge in [-0.2, -0.15) is 0 Å². The summed E-state index contributed by atoms with van der Waals surface area (Å²) < 4.78 is 11.0. The van der Waals surface area contributed by atoms with E-state index in [1.807, 2.05) is 0 Å². The van der Waals surface area contributed by atoms with E-state index in [1.165, 1.54) is 7.11 Å². The van der Waals surface area contributed by atoms with Gasteiger partial charge in [-0.3, -0.25) is 9.59 Å². The molecule has 0 saturated carbocycles. The van der Waals surface area contributed by atoms with Crippen molar-refractivity contribution in [2.45, 2.75) is 71.4 Å². The number of carbonyl (C=O) groups is 3. The molecule has 0 bridgehead atoms. The topological polar surface area (TPSA) is 111 Å². The Balaban J connectivity index is 1.85. The summed E-state index contributed by atoms with van der Waals surface area (Å²) in [4.78, 5) is 38.6. The van der Waals surface area contributed by atoms with Crippen LogP contribution < -0.4 is 20.5 Å². The molecule has 1 aliphatic rings. The molecule has 0 unspecified atom stereocenters. The number of methoxy groups -OCH3 is 1. The number of rotatable bonds is 13. The standard InChI is InChI=1S/C26H39N3O5/c1-19(2)9-6-4-5-7-11-24(30)28-18-20-12-13-22(23(17-20)33-3)34-26(32)21-10-8-16-29(21)25(31)14-15-27/h6,9,12-13,17,19,21H,4-5,7-8,10-11,14-16,18,27H2,1-3H3,(H,28,30)/b9-6+/t21-/m0/s1. The predicted molar refractivity (Wildman–Crippen MR) is 131 cm³/mol. The number of nitrogens with zero attached hydrogens (tertiary/aromatic N) is 1. The molecule has 188 valence electrons. The number of allylic oxidation sites excluding steroid dienone is 2. The number of amides is 2. The van der Waals surface area contributed by atoms with Gasteiger partial charge in [0, 0.05) is 32.5 Å². The van der Waals surface area contributed by atoms with Crippen molar-refractivity contribution in [3.63, 3.8) is 0 Å². The van der Waals surface area contributed by atoms with Crippen molar-refractivity contribution in [1.82, 2.24) is 10.2 Å². The average Bonchev–Trinajstić information content (AvgIpc) is 3.31. The second-order valence-corrected chi connectivity index (χ2v) is 8.88. The number of nitrogens with two attached hydrogens (primary N) is 1. The SMILES string of the molecule is COc1cc(CNC(=O)CCCC/C=C/C(C)C)ccc1OC(=O)[C@@H]1CCCN1C(=O)CCN. The van der Waals surface area contributed by atoms with E-state index >= 15 is 0 Å². The summed E-state index contributed by atoms with van der Waals surface area (Å²) in [6.45, 7) is 5.43. The van der Waals surface area contributed by atoms with Crippen LogP contribution in [0, 0.1) is 5.92 Å². The van der Waals surface area contributed by atoms with Crippen molar-refractivity contribution in [2.75, 3.05) is 20.2 Å². The van der Waals surface area contributed by atoms with Gasteiger partial charge in [-0.05, 0) is 55.7 Å². The molecule has 1 fully saturated rings. The normalized spacial score (nSPS) is 15.7. The smallest absolute Gasteiger partial charge is 0.334 e. The van der Waals surface area contributed by atoms with Crippen LogP contribution in [0.1, 0.15) is 64.4 Å². The Bertz CT molecular complexity index is 853. The molecular weight excluding hydrogens is 434 g/mol. The fraction of sp³-hybridized carbons (Fsp3) is 0.577. The Kier molecular flexibility index (Phi) is 11.6. The van der Waals surface area contributed by atoms with Crippen molar-refractivity contribution < 1.29 is 23.9 Å². The Morgan fingerprint density at radius 2 is 2.00 bits per heavy atom. The lowest BCUT2D eigenvalue weighted by atomic mass is 10.1. The highest BCUT2D eigenvalue weighted by atomic mass is 16.6. The van der Waals surface area contributed by atoms with Gasteiger partial charge >= 0.3 is 5.97 Å². The summed E-state index contributed by atoms with van der Waals surface area (Å²) in [6.07, 6.45) is 9.19. The first-order valence-electron chi connectivity index (χ1n) is 12.2. The fourth-order valence-corrected chi connectivity index (χ4v) is 3.87. The van der Waals surface area contributed by atoms with E-state index in [2.05, 4.69) is 31.3 Å². The zero-order valence-corrected chi connectivity index (χ0v) is 20.7. The molecule has 8 nitrogen and oxygen atoms in total. The highest BCUT2D eigenvalue weighted by molar-refractivity contribution is 5.86. The molecule has 2 rings (SSSR count). The summed E-state index contributed by atoms with van der Waals surface area (Å²) in [5.74, 6) is 0.631. The largest absolute Gasteiger partial charge is 0.493 e. The highest BCUT2D eigenvalue weighted by Gasteiger charge is 2.35. The van der Waals surface area contributed by atoms with Gasteiger partial charge in [-0.1, -0.05) is 32.1 Å². The number of ether oxygens (including phenoxy) is 2. The Hall–Kier alpha value is -2.87. The maximum Gasteiger partial charge on any atom is 0.334 e. The minimum atomic E-state index is -0.608. The first kappa shape index (κ1) is 27.4. The zero-order valence-electron chi connectivity index (χ0n) is 20.7. The quantitative estimate of drug-likeness (QED) is 0.197. The molecule has 1 aromatic carbocycles. The minimum Gasteiger partial charge on any atom is -0.493 e. The summed E-state index contributed by atoms with van der Waals surface area (Å²) >= 11 is 0. The van der Waals surface area contributed by atoms with Crippen LogP contribution >= 0.6 is 0 Å². The first-order chi connectivity index (χ1) is 16.3. The van der Waals surface area contributed by atoms with Crippen LogP contribution in [-0.4, -0.2) is 48.9 Å². The number of esters is 1. The molecule has 1 saturated heterocycles. The van der Waals surface area contributed by atoms with Crippen molar-refractivity contribution in [2.24, 2.45) is 11.7 Å². The highest BCUT2D eigenvalue weighted by Crippen LogP contribution is 2.30. The van der Waals surface area contributed by atoms with Crippen LogP contribution in [0.5, 0.6) is 11.5 Å². The zero-order chi connectivity index (χ0) is 24.9. The van der Waals surface area contributed by atoms with E-state index < -0.39 is 12.0 Å². The predicted octanol–water partition coefficient (Wildman–Crippen LogP) is 3.33. The number of nitrogens with one attached hydrogen (secondary N) is 1. The minimum absolute atomic E-state index is 0.00535. The van der Waals surface area contributed by atoms with Gasteiger partial charge < -0.3 is 25.4 Å². The second kappa shape index (κ2) is 14.4. The maximum absolute atomic E-state index is 12.7. The number of unbranched alkanes of at least 4 members (excludes halogenated alkanes) is 2. The molecule has 1 atom stereocenters. The van der Waals surface area contributed by atoms with Crippen LogP contribution in [0.25, 0.3) is 0 Å². The lowest BCUT2D eigenvalue weighted by molar-refractivity contribution is -0.146. The van der Waals surface area contributed by atoms with Gasteiger partial charge in [0.05, 0.1) is 7.11 Å². The van der Waals surface area contributed by atoms with Gasteiger partial charge in [0.1, 0.15) is 6.04 Å². The molecule has 1 aromatic rings. The van der Waals surface area contributed by atoms with Crippen molar-refractivity contribution in [3.8, 4) is 11.5 Å². The van der Waals surface area contributed by atoms with E-state index in [0.717, 1.165) is 31.2 Å². The molecule has 1 aliphatic heterocycles. The summed E-state index contributed by atoms with van der Waals surface area (Å²) in [6, 6.07) is 4.57. The van der Waals surface area contributed by atoms with Crippen LogP contribution in [0.2, 0.25) is 0 Å². The Morgan fingerprint density at radius 3 is 2.71 bits per heavy atom. The fourth-order valence-electron chi connectivity index (χ4n) is 3.87. The van der Waals surface area contributed by atoms with E-state index in [1.54, 1.807) is 23.1 Å². The third kappa shape index (κ3) is 8.82. The van der Waals surface area contributed by atoms with E-state index in [0.29, 0.717) is 37.6 Å². The van der Waals surface area contributed by atoms with Crippen LogP contribution in [-0.2, 0) is 20.9 Å². The Labute approximate surface area is 202 Å². The number of carbonyl (C=O) groups excluding carboxylic acids is 3. The van der Waals surface area contributed by atoms with Crippen molar-refractivity contribution in [3.05, 3.63) is 35.9 Å². The second-order valence-electron chi connectivity index (χ2n) is 8.88. The molecule has 0 spiro atoms. The van der Waals surface area contributed by atoms with Gasteiger partial charge in [-0.15, -0.1) is 0 Å². The molecule has 0 aliphatic carbocycles. The lowest BCUT2D eigenvalue weighted by Gasteiger charge is -2.23. The molecule has 0 aromatic heterocycles. The van der Waals surface area contributed by atoms with Gasteiger partial charge in [0.15, 0.2) is 11.5 Å². The average molecular weight is 474 g/mol. The number of hydrogen-bond acceptors (Lipinski definition) is 6. The molecule has 3 N–H and O–H groups in total. The third-order valence-corrected chi connectivity index (χ3v) is 5.68. The van der Waals surface area contributed by atoms with Crippen molar-refractivity contribution >= 4 is 17.8 Å². The number of benzene rings is 1. The van der Waals surface area contributed by atoms with Crippen molar-refractivity contribution in [1.29, 1.82) is 0 Å². The summed E-state index contributed by atoms with van der Waals surface area (Å²) in [5, 5.41) is 2.92. The molecule has 2 amide bonds. The van der Waals surface area contributed by atoms with Crippen LogP contribution in [0.15, 0.2) is 30.4 Å². The van der Waals surface area contributed by atoms with Gasteiger partial charge in [0.25, 0.3) is 0 Å². The molecular formula is C26H39N3O5. The molecule has 0 radical (unpaired) electrons. The lowest BCUT2D eigenvalue weighted by Crippen LogP contribution is -2.43. The maximum atomic E-state index is 12.7. The summed E-state index contributed by atoms with van der Waals surface area (Å²) in [5.41, 5.74) is 6.32. The number of likely N-dealkylation sites (tertiary alicyclic amines) is 1. The monoisotopic (exact) mass is 473 g/mol. The van der Waals surface area contributed by atoms with Gasteiger partial charge in [0.2, 0.25) is 11.8 Å². The van der Waals surface area contributed by atoms with Gasteiger partial charge in [-0.25, -0.2) is 4.79 Å². The van der Waals surface area contributed by atoms with E-state index in [4.69, 9.17) is 15.2 Å². The number of hydrogen-bond donors (Lipinski definition) is 2.